The normalized spacial score (nSPS) is 24.5. The summed E-state index contributed by atoms with van der Waals surface area (Å²) < 4.78 is 24.3. The number of benzene rings is 1. The zero-order valence-corrected chi connectivity index (χ0v) is 18.4. The van der Waals surface area contributed by atoms with Crippen LogP contribution >= 0.6 is 11.8 Å². The average Bonchev–Trinajstić information content (AvgIpc) is 3.12. The molecule has 0 spiro atoms. The lowest BCUT2D eigenvalue weighted by Gasteiger charge is -2.26. The van der Waals surface area contributed by atoms with Crippen molar-refractivity contribution < 1.29 is 13.2 Å². The van der Waals surface area contributed by atoms with Crippen molar-refractivity contribution >= 4 is 44.0 Å². The highest BCUT2D eigenvalue weighted by Gasteiger charge is 2.49. The van der Waals surface area contributed by atoms with E-state index < -0.39 is 9.84 Å². The molecule has 28 heavy (non-hydrogen) atoms. The van der Waals surface area contributed by atoms with Crippen LogP contribution in [0.4, 0.5) is 11.4 Å². The van der Waals surface area contributed by atoms with Crippen molar-refractivity contribution in [2.75, 3.05) is 34.4 Å². The Labute approximate surface area is 172 Å². The first-order valence-electron chi connectivity index (χ1n) is 10.0. The van der Waals surface area contributed by atoms with E-state index >= 15 is 0 Å². The van der Waals surface area contributed by atoms with Crippen LogP contribution < -0.4 is 9.80 Å². The second-order valence-corrected chi connectivity index (χ2v) is 10.6. The van der Waals surface area contributed by atoms with E-state index in [1.54, 1.807) is 0 Å². The lowest BCUT2D eigenvalue weighted by molar-refractivity contribution is -0.117. The van der Waals surface area contributed by atoms with Gasteiger partial charge in [-0.15, -0.1) is 0 Å². The van der Waals surface area contributed by atoms with E-state index in [0.717, 1.165) is 37.3 Å². The number of unbranched alkanes of at least 4 members (excludes halogenated alkanes) is 1. The topological polar surface area (TPSA) is 70.0 Å². The van der Waals surface area contributed by atoms with E-state index in [-0.39, 0.29) is 28.7 Å². The van der Waals surface area contributed by atoms with Crippen molar-refractivity contribution in [2.45, 2.75) is 51.3 Å². The van der Waals surface area contributed by atoms with Gasteiger partial charge in [0.25, 0.3) is 0 Å². The van der Waals surface area contributed by atoms with Crippen molar-refractivity contribution in [2.24, 2.45) is 4.99 Å². The summed E-state index contributed by atoms with van der Waals surface area (Å²) in [5.41, 5.74) is 2.03. The fraction of sp³-hybridized carbons (Fsp3) is 0.600. The Morgan fingerprint density at radius 2 is 1.86 bits per heavy atom. The van der Waals surface area contributed by atoms with Crippen LogP contribution in [-0.2, 0) is 14.6 Å². The van der Waals surface area contributed by atoms with E-state index in [9.17, 15) is 13.2 Å². The van der Waals surface area contributed by atoms with Crippen LogP contribution in [0.2, 0.25) is 0 Å². The first-order chi connectivity index (χ1) is 13.4. The Bertz CT molecular complexity index is 833. The smallest absolute Gasteiger partial charge is 0.248 e. The minimum atomic E-state index is -3.05. The maximum Gasteiger partial charge on any atom is 0.248 e. The number of amidine groups is 1. The Morgan fingerprint density at radius 1 is 1.18 bits per heavy atom. The maximum absolute atomic E-state index is 12.3. The van der Waals surface area contributed by atoms with Gasteiger partial charge in [0.15, 0.2) is 15.0 Å². The number of fused-ring (bicyclic) bond motifs is 1. The van der Waals surface area contributed by atoms with Crippen LogP contribution in [0.25, 0.3) is 0 Å². The summed E-state index contributed by atoms with van der Waals surface area (Å²) in [7, 11) is -3.05. The van der Waals surface area contributed by atoms with E-state index in [0.29, 0.717) is 11.6 Å². The third kappa shape index (κ3) is 4.54. The molecule has 0 aromatic heterocycles. The molecule has 8 heteroatoms. The van der Waals surface area contributed by atoms with Gasteiger partial charge in [-0.05, 0) is 44.5 Å². The summed E-state index contributed by atoms with van der Waals surface area (Å²) in [6.45, 7) is 8.14. The van der Waals surface area contributed by atoms with Crippen molar-refractivity contribution in [1.82, 2.24) is 0 Å². The molecule has 0 bridgehead atoms. The largest absolute Gasteiger partial charge is 0.372 e. The third-order valence-electron chi connectivity index (χ3n) is 5.29. The number of nitrogens with zero attached hydrogens (tertiary/aromatic N) is 3. The minimum Gasteiger partial charge on any atom is -0.372 e. The lowest BCUT2D eigenvalue weighted by atomic mass is 10.2. The predicted molar refractivity (Wildman–Crippen MR) is 118 cm³/mol. The number of hydrogen-bond donors (Lipinski definition) is 0. The molecule has 2 fully saturated rings. The van der Waals surface area contributed by atoms with Gasteiger partial charge in [0, 0.05) is 36.1 Å². The van der Waals surface area contributed by atoms with Gasteiger partial charge in [-0.2, -0.15) is 4.99 Å². The maximum atomic E-state index is 12.3. The highest BCUT2D eigenvalue weighted by Crippen LogP contribution is 2.41. The molecule has 1 aromatic rings. The monoisotopic (exact) mass is 423 g/mol. The number of amides is 1. The fourth-order valence-corrected chi connectivity index (χ4v) is 7.70. The molecule has 2 atom stereocenters. The third-order valence-corrected chi connectivity index (χ3v) is 8.50. The first kappa shape index (κ1) is 21.2. The number of aliphatic imine (C=N–C) groups is 1. The lowest BCUT2D eigenvalue weighted by Crippen LogP contribution is -2.37. The summed E-state index contributed by atoms with van der Waals surface area (Å²) >= 11 is 1.43. The molecular formula is C20H29N3O3S2. The van der Waals surface area contributed by atoms with E-state index in [2.05, 4.69) is 35.9 Å². The average molecular weight is 424 g/mol. The second-order valence-electron chi connectivity index (χ2n) is 7.25. The van der Waals surface area contributed by atoms with Crippen molar-refractivity contribution in [3.8, 4) is 0 Å². The number of rotatable bonds is 7. The Morgan fingerprint density at radius 3 is 2.46 bits per heavy atom. The molecule has 2 aliphatic rings. The van der Waals surface area contributed by atoms with Gasteiger partial charge in [-0.1, -0.05) is 25.1 Å². The molecule has 0 N–H and O–H groups in total. The molecule has 0 saturated carbocycles. The number of carbonyl (C=O) groups is 1. The Kier molecular flexibility index (Phi) is 6.70. The van der Waals surface area contributed by atoms with Crippen molar-refractivity contribution in [3.05, 3.63) is 24.3 Å². The molecule has 0 aliphatic carbocycles. The molecule has 154 valence electrons. The molecule has 3 rings (SSSR count). The van der Waals surface area contributed by atoms with Crippen molar-refractivity contribution in [3.63, 3.8) is 0 Å². The molecule has 6 nitrogen and oxygen atoms in total. The minimum absolute atomic E-state index is 0.0646. The van der Waals surface area contributed by atoms with Gasteiger partial charge in [-0.25, -0.2) is 8.42 Å². The molecule has 0 unspecified atom stereocenters. The highest BCUT2D eigenvalue weighted by atomic mass is 32.2. The summed E-state index contributed by atoms with van der Waals surface area (Å²) in [6, 6.07) is 7.97. The van der Waals surface area contributed by atoms with Crippen LogP contribution in [0.15, 0.2) is 29.3 Å². The van der Waals surface area contributed by atoms with Crippen LogP contribution in [-0.4, -0.2) is 55.4 Å². The second kappa shape index (κ2) is 8.86. The predicted octanol–water partition coefficient (Wildman–Crippen LogP) is 3.32. The number of anilines is 2. The van der Waals surface area contributed by atoms with Crippen LogP contribution in [0.5, 0.6) is 0 Å². The molecular weight excluding hydrogens is 394 g/mol. The Balaban J connectivity index is 1.90. The number of sulfone groups is 1. The van der Waals surface area contributed by atoms with Gasteiger partial charge in [0.05, 0.1) is 17.5 Å². The quantitative estimate of drug-likeness (QED) is 0.670. The number of thioether (sulfide) groups is 1. The SMILES string of the molecule is CCCCC(=O)N=C1S[C@@H]2CS(=O)(=O)C[C@@H]2N1c1ccc(N(CC)CC)cc1. The fourth-order valence-electron chi connectivity index (χ4n) is 3.77. The standard InChI is InChI=1S/C20H29N3O3S2/c1-4-7-8-19(24)21-20-23(17-13-28(25,26)14-18(17)27-20)16-11-9-15(10-12-16)22(5-2)6-3/h9-12,17-18H,4-8,13-14H2,1-3H3/t17-,18+/m0/s1. The summed E-state index contributed by atoms with van der Waals surface area (Å²) in [5, 5.41) is 0.576. The van der Waals surface area contributed by atoms with Gasteiger partial charge >= 0.3 is 0 Å². The van der Waals surface area contributed by atoms with Gasteiger partial charge in [0.2, 0.25) is 5.91 Å². The molecule has 0 radical (unpaired) electrons. The van der Waals surface area contributed by atoms with Crippen LogP contribution in [0, 0.1) is 0 Å². The summed E-state index contributed by atoms with van der Waals surface area (Å²) in [5.74, 6) is 0.139. The van der Waals surface area contributed by atoms with Crippen LogP contribution in [0.1, 0.15) is 40.0 Å². The van der Waals surface area contributed by atoms with E-state index in [4.69, 9.17) is 0 Å². The highest BCUT2D eigenvalue weighted by molar-refractivity contribution is 8.16. The van der Waals surface area contributed by atoms with Gasteiger partial charge < -0.3 is 9.80 Å². The molecule has 1 aromatic carbocycles. The zero-order chi connectivity index (χ0) is 20.3. The zero-order valence-electron chi connectivity index (χ0n) is 16.8. The number of hydrogen-bond acceptors (Lipinski definition) is 5. The van der Waals surface area contributed by atoms with Gasteiger partial charge in [0.1, 0.15) is 0 Å². The van der Waals surface area contributed by atoms with Crippen molar-refractivity contribution in [1.29, 1.82) is 0 Å². The molecule has 2 heterocycles. The first-order valence-corrected chi connectivity index (χ1v) is 12.7. The molecule has 2 aliphatic heterocycles. The molecule has 1 amide bonds. The Hall–Kier alpha value is -1.54. The number of carbonyl (C=O) groups excluding carboxylic acids is 1. The summed E-state index contributed by atoms with van der Waals surface area (Å²) in [4.78, 5) is 20.8. The van der Waals surface area contributed by atoms with E-state index in [1.165, 1.54) is 11.8 Å². The molecule has 2 saturated heterocycles. The van der Waals surface area contributed by atoms with E-state index in [1.807, 2.05) is 24.0 Å². The van der Waals surface area contributed by atoms with Gasteiger partial charge in [-0.3, -0.25) is 4.79 Å². The summed E-state index contributed by atoms with van der Waals surface area (Å²) in [6.07, 6.45) is 2.20. The van der Waals surface area contributed by atoms with Crippen LogP contribution in [0.3, 0.4) is 0 Å².